The van der Waals surface area contributed by atoms with Crippen molar-refractivity contribution in [1.29, 1.82) is 0 Å². The number of aliphatic hydroxyl groups is 1. The van der Waals surface area contributed by atoms with Crippen molar-refractivity contribution in [3.63, 3.8) is 0 Å². The minimum atomic E-state index is -4.32. The van der Waals surface area contributed by atoms with Gasteiger partial charge in [-0.3, -0.25) is 9.35 Å². The maximum atomic E-state index is 12.3. The minimum Gasteiger partial charge on any atom is -0.387 e. The lowest BCUT2D eigenvalue weighted by Gasteiger charge is -2.21. The van der Waals surface area contributed by atoms with Gasteiger partial charge in [0.05, 0.1) is 17.9 Å². The number of allylic oxidation sites excluding steroid dienone is 1. The summed E-state index contributed by atoms with van der Waals surface area (Å²) in [4.78, 5) is 12.3. The SMILES string of the molecule is CCCCCCCCCC/C=C/C(O)C(CS(=O)(=O)O)NC(=O)CCCCCCCCCCC. The van der Waals surface area contributed by atoms with Crippen LogP contribution in [0.25, 0.3) is 0 Å². The molecule has 0 aromatic carbocycles. The van der Waals surface area contributed by atoms with Gasteiger partial charge in [0.1, 0.15) is 0 Å². The molecule has 1 amide bonds. The smallest absolute Gasteiger partial charge is 0.267 e. The third-order valence-corrected chi connectivity index (χ3v) is 6.99. The highest BCUT2D eigenvalue weighted by atomic mass is 32.2. The van der Waals surface area contributed by atoms with Crippen LogP contribution in [0.1, 0.15) is 136 Å². The van der Waals surface area contributed by atoms with E-state index in [-0.39, 0.29) is 5.91 Å². The number of hydrogen-bond acceptors (Lipinski definition) is 4. The first kappa shape index (κ1) is 33.1. The first-order valence-electron chi connectivity index (χ1n) is 13.9. The normalized spacial score (nSPS) is 13.9. The maximum Gasteiger partial charge on any atom is 0.267 e. The summed E-state index contributed by atoms with van der Waals surface area (Å²) < 4.78 is 32.0. The molecule has 2 unspecified atom stereocenters. The van der Waals surface area contributed by atoms with E-state index in [1.54, 1.807) is 0 Å². The molecule has 0 spiro atoms. The van der Waals surface area contributed by atoms with E-state index in [2.05, 4.69) is 19.2 Å². The Morgan fingerprint density at radius 3 is 1.68 bits per heavy atom. The Morgan fingerprint density at radius 2 is 1.21 bits per heavy atom. The van der Waals surface area contributed by atoms with E-state index in [0.717, 1.165) is 38.5 Å². The van der Waals surface area contributed by atoms with Crippen LogP contribution in [-0.2, 0) is 14.9 Å². The van der Waals surface area contributed by atoms with E-state index < -0.39 is 28.0 Å². The molecule has 0 saturated heterocycles. The lowest BCUT2D eigenvalue weighted by atomic mass is 10.1. The van der Waals surface area contributed by atoms with E-state index in [1.807, 2.05) is 6.08 Å². The number of aliphatic hydroxyl groups excluding tert-OH is 1. The van der Waals surface area contributed by atoms with Gasteiger partial charge in [-0.15, -0.1) is 0 Å². The van der Waals surface area contributed by atoms with Gasteiger partial charge >= 0.3 is 0 Å². The number of unbranched alkanes of at least 4 members (excludes halogenated alkanes) is 16. The molecule has 6 nitrogen and oxygen atoms in total. The predicted octanol–water partition coefficient (Wildman–Crippen LogP) is 6.73. The zero-order chi connectivity index (χ0) is 25.5. The van der Waals surface area contributed by atoms with Crippen molar-refractivity contribution in [3.05, 3.63) is 12.2 Å². The van der Waals surface area contributed by atoms with Crippen LogP contribution in [0.4, 0.5) is 0 Å². The van der Waals surface area contributed by atoms with E-state index in [1.165, 1.54) is 83.1 Å². The molecule has 0 aromatic heterocycles. The Kier molecular flexibility index (Phi) is 21.9. The Bertz CT molecular complexity index is 606. The van der Waals surface area contributed by atoms with Crippen LogP contribution in [-0.4, -0.2) is 41.9 Å². The second-order valence-electron chi connectivity index (χ2n) is 9.68. The lowest BCUT2D eigenvalue weighted by molar-refractivity contribution is -0.122. The zero-order valence-corrected chi connectivity index (χ0v) is 22.8. The number of nitrogens with one attached hydrogen (secondary N) is 1. The molecule has 34 heavy (non-hydrogen) atoms. The Labute approximate surface area is 210 Å². The highest BCUT2D eigenvalue weighted by Crippen LogP contribution is 2.12. The largest absolute Gasteiger partial charge is 0.387 e. The number of carbonyl (C=O) groups is 1. The summed E-state index contributed by atoms with van der Waals surface area (Å²) >= 11 is 0. The highest BCUT2D eigenvalue weighted by Gasteiger charge is 2.24. The van der Waals surface area contributed by atoms with Crippen LogP contribution in [0.2, 0.25) is 0 Å². The number of rotatable bonds is 24. The Morgan fingerprint density at radius 1 is 0.765 bits per heavy atom. The summed E-state index contributed by atoms with van der Waals surface area (Å²) in [5.74, 6) is -0.980. The first-order valence-corrected chi connectivity index (χ1v) is 15.5. The molecule has 3 N–H and O–H groups in total. The topological polar surface area (TPSA) is 104 Å². The molecule has 0 aliphatic carbocycles. The molecule has 202 valence electrons. The molecular formula is C27H53NO5S. The van der Waals surface area contributed by atoms with Gasteiger partial charge in [-0.25, -0.2) is 0 Å². The summed E-state index contributed by atoms with van der Waals surface area (Å²) in [6, 6.07) is -1.05. The molecule has 0 aliphatic heterocycles. The minimum absolute atomic E-state index is 0.285. The van der Waals surface area contributed by atoms with Gasteiger partial charge in [-0.2, -0.15) is 8.42 Å². The molecule has 7 heteroatoms. The lowest BCUT2D eigenvalue weighted by Crippen LogP contribution is -2.46. The summed E-state index contributed by atoms with van der Waals surface area (Å²) in [5.41, 5.74) is 0. The van der Waals surface area contributed by atoms with Crippen LogP contribution in [0, 0.1) is 0 Å². The molecule has 0 aliphatic rings. The highest BCUT2D eigenvalue weighted by molar-refractivity contribution is 7.85. The summed E-state index contributed by atoms with van der Waals surface area (Å²) in [5, 5.41) is 13.0. The van der Waals surface area contributed by atoms with E-state index in [4.69, 9.17) is 0 Å². The summed E-state index contributed by atoms with van der Waals surface area (Å²) in [7, 11) is -4.32. The second kappa shape index (κ2) is 22.5. The van der Waals surface area contributed by atoms with Crippen LogP contribution in [0.3, 0.4) is 0 Å². The second-order valence-corrected chi connectivity index (χ2v) is 11.2. The van der Waals surface area contributed by atoms with Gasteiger partial charge in [0.15, 0.2) is 0 Å². The standard InChI is InChI=1S/C27H53NO5S/c1-3-5-7-9-11-13-15-16-18-20-22-26(29)25(24-34(31,32)33)28-27(30)23-21-19-17-14-12-10-8-6-4-2/h20,22,25-26,29H,3-19,21,23-24H2,1-2H3,(H,28,30)(H,31,32,33)/b22-20+. The maximum absolute atomic E-state index is 12.3. The van der Waals surface area contributed by atoms with E-state index >= 15 is 0 Å². The number of carbonyl (C=O) groups excluding carboxylic acids is 1. The monoisotopic (exact) mass is 503 g/mol. The molecule has 0 bridgehead atoms. The van der Waals surface area contributed by atoms with Gasteiger partial charge in [0, 0.05) is 6.42 Å². The fraction of sp³-hybridized carbons (Fsp3) is 0.889. The van der Waals surface area contributed by atoms with Crippen LogP contribution >= 0.6 is 0 Å². The average molecular weight is 504 g/mol. The number of hydrogen-bond donors (Lipinski definition) is 3. The molecule has 0 heterocycles. The molecule has 0 aromatic rings. The van der Waals surface area contributed by atoms with Crippen LogP contribution in [0.5, 0.6) is 0 Å². The fourth-order valence-electron chi connectivity index (χ4n) is 4.09. The quantitative estimate of drug-likeness (QED) is 0.0770. The van der Waals surface area contributed by atoms with Gasteiger partial charge in [-0.05, 0) is 19.3 Å². The van der Waals surface area contributed by atoms with Crippen molar-refractivity contribution in [2.45, 2.75) is 148 Å². The molecule has 0 fully saturated rings. The molecular weight excluding hydrogens is 450 g/mol. The number of amides is 1. The van der Waals surface area contributed by atoms with Crippen molar-refractivity contribution in [1.82, 2.24) is 5.32 Å². The van der Waals surface area contributed by atoms with Gasteiger partial charge in [-0.1, -0.05) is 122 Å². The molecule has 0 saturated carbocycles. The fourth-order valence-corrected chi connectivity index (χ4v) is 4.83. The van der Waals surface area contributed by atoms with Crippen LogP contribution in [0.15, 0.2) is 12.2 Å². The van der Waals surface area contributed by atoms with Crippen molar-refractivity contribution < 1.29 is 22.9 Å². The third-order valence-electron chi connectivity index (χ3n) is 6.21. The zero-order valence-electron chi connectivity index (χ0n) is 22.0. The average Bonchev–Trinajstić information content (AvgIpc) is 2.77. The predicted molar refractivity (Wildman–Crippen MR) is 143 cm³/mol. The summed E-state index contributed by atoms with van der Waals surface area (Å²) in [6.45, 7) is 4.42. The van der Waals surface area contributed by atoms with Gasteiger partial charge in [0.25, 0.3) is 10.1 Å². The van der Waals surface area contributed by atoms with E-state index in [0.29, 0.717) is 6.42 Å². The Hall–Kier alpha value is -0.920. The third kappa shape index (κ3) is 22.9. The van der Waals surface area contributed by atoms with Crippen molar-refractivity contribution in [2.75, 3.05) is 5.75 Å². The van der Waals surface area contributed by atoms with Crippen LogP contribution < -0.4 is 5.32 Å². The molecule has 2 atom stereocenters. The van der Waals surface area contributed by atoms with Gasteiger partial charge in [0.2, 0.25) is 5.91 Å². The Balaban J connectivity index is 4.18. The molecule has 0 rings (SSSR count). The van der Waals surface area contributed by atoms with Crippen molar-refractivity contribution in [2.24, 2.45) is 0 Å². The van der Waals surface area contributed by atoms with Crippen molar-refractivity contribution >= 4 is 16.0 Å². The molecule has 0 radical (unpaired) electrons. The van der Waals surface area contributed by atoms with Crippen molar-refractivity contribution in [3.8, 4) is 0 Å². The van der Waals surface area contributed by atoms with Gasteiger partial charge < -0.3 is 10.4 Å². The van der Waals surface area contributed by atoms with E-state index in [9.17, 15) is 22.9 Å². The first-order chi connectivity index (χ1) is 16.3. The summed E-state index contributed by atoms with van der Waals surface area (Å²) in [6.07, 6.45) is 23.4.